The zero-order valence-electron chi connectivity index (χ0n) is 44.7. The fourth-order valence-electron chi connectivity index (χ4n) is 13.6. The van der Waals surface area contributed by atoms with Crippen LogP contribution in [0.1, 0.15) is 157 Å². The Morgan fingerprint density at radius 3 is 2.01 bits per heavy atom. The molecule has 4 aliphatic carbocycles. The Morgan fingerprint density at radius 1 is 0.611 bits per heavy atom. The molecule has 360 valence electrons. The molecule has 0 bridgehead atoms. The minimum absolute atomic E-state index is 0.0258. The first kappa shape index (κ1) is 46.6. The molecule has 0 fully saturated rings. The summed E-state index contributed by atoms with van der Waals surface area (Å²) in [6, 6.07) is 43.7. The SMILES string of the molecule is CCCCc1ccc(N2B3C4=C5C(=C=C=C4N(c4ccc(CCCC)cc4C4=CC=CCC4)c4cc(-c6c(C)cccc6C)cc(c43)-c3cc4c(cc32)C(C)(C)CCC4(C)C)C(C)(C)c2ccccc25)cc1. The second-order valence-electron chi connectivity index (χ2n) is 23.8. The van der Waals surface area contributed by atoms with Crippen molar-refractivity contribution in [3.05, 3.63) is 206 Å². The lowest BCUT2D eigenvalue weighted by atomic mass is 9.40. The summed E-state index contributed by atoms with van der Waals surface area (Å²) in [5.41, 5.74) is 38.3. The van der Waals surface area contributed by atoms with Gasteiger partial charge in [-0.05, 0) is 214 Å². The van der Waals surface area contributed by atoms with E-state index in [0.29, 0.717) is 0 Å². The van der Waals surface area contributed by atoms with Crippen molar-refractivity contribution >= 4 is 46.2 Å². The minimum Gasteiger partial charge on any atom is -0.376 e. The van der Waals surface area contributed by atoms with Crippen LogP contribution in [0, 0.1) is 13.8 Å². The van der Waals surface area contributed by atoms with Crippen molar-refractivity contribution < 1.29 is 0 Å². The Hall–Kier alpha value is -6.50. The number of hydrogen-bond donors (Lipinski definition) is 0. The number of hydrogen-bond acceptors (Lipinski definition) is 2. The van der Waals surface area contributed by atoms with E-state index >= 15 is 0 Å². The Balaban J connectivity index is 1.27. The van der Waals surface area contributed by atoms with Crippen molar-refractivity contribution in [1.29, 1.82) is 0 Å². The summed E-state index contributed by atoms with van der Waals surface area (Å²) < 4.78 is 0. The van der Waals surface area contributed by atoms with Crippen molar-refractivity contribution in [2.75, 3.05) is 9.71 Å². The molecule has 2 nitrogen and oxygen atoms in total. The van der Waals surface area contributed by atoms with Gasteiger partial charge in [0.2, 0.25) is 0 Å². The molecule has 2 heterocycles. The lowest BCUT2D eigenvalue weighted by Crippen LogP contribution is -2.57. The number of allylic oxidation sites excluding steroid dienone is 7. The standard InChI is InChI=1S/C69H71BN2/c1-11-13-23-46-29-32-50(33-30-46)72-61-43-58-57(67(5,6)37-38-68(58,7)8)42-53(61)54-40-49(63-44(3)21-20-22-45(63)4)41-62-65(54)70(72)66-60(36-34-56-64(66)51-27-18-19-28-55(51)69(56,9)10)71(62)59-35-31-47(24-14-12-2)39-52(59)48-25-16-15-17-26-48/h15-16,18-22,25,27-33,35,39-43H,11-14,17,23-24,26,37-38H2,1-10H3. The van der Waals surface area contributed by atoms with Gasteiger partial charge in [0, 0.05) is 39.2 Å². The Bertz CT molecular complexity index is 3440. The predicted molar refractivity (Wildman–Crippen MR) is 309 cm³/mol. The van der Waals surface area contributed by atoms with Crippen LogP contribution in [0.25, 0.3) is 33.4 Å². The van der Waals surface area contributed by atoms with E-state index in [0.717, 1.165) is 44.2 Å². The van der Waals surface area contributed by atoms with Gasteiger partial charge in [-0.3, -0.25) is 0 Å². The van der Waals surface area contributed by atoms with Crippen LogP contribution in [0.4, 0.5) is 22.7 Å². The van der Waals surface area contributed by atoms with Gasteiger partial charge in [-0.2, -0.15) is 0 Å². The van der Waals surface area contributed by atoms with Crippen LogP contribution in [0.2, 0.25) is 0 Å². The second-order valence-corrected chi connectivity index (χ2v) is 23.8. The predicted octanol–water partition coefficient (Wildman–Crippen LogP) is 17.8. The highest BCUT2D eigenvalue weighted by Gasteiger charge is 2.53. The second kappa shape index (κ2) is 17.3. The van der Waals surface area contributed by atoms with Crippen LogP contribution < -0.4 is 15.2 Å². The van der Waals surface area contributed by atoms with Crippen LogP contribution in [0.3, 0.4) is 0 Å². The van der Waals surface area contributed by atoms with Gasteiger partial charge >= 0.3 is 6.85 Å². The number of benzene rings is 6. The van der Waals surface area contributed by atoms with E-state index in [1.165, 1.54) is 148 Å². The summed E-state index contributed by atoms with van der Waals surface area (Å²) in [4.78, 5) is 5.44. The number of fused-ring (bicyclic) bond motifs is 8. The largest absolute Gasteiger partial charge is 0.376 e. The van der Waals surface area contributed by atoms with Gasteiger partial charge in [0.05, 0.1) is 11.4 Å². The highest BCUT2D eigenvalue weighted by atomic mass is 15.2. The van der Waals surface area contributed by atoms with Crippen LogP contribution in [0.5, 0.6) is 0 Å². The average molecular weight is 939 g/mol. The summed E-state index contributed by atoms with van der Waals surface area (Å²) in [5.74, 6) is 0. The lowest BCUT2D eigenvalue weighted by molar-refractivity contribution is 0.332. The summed E-state index contributed by atoms with van der Waals surface area (Å²) in [7, 11) is 0. The van der Waals surface area contributed by atoms with E-state index in [9.17, 15) is 0 Å². The minimum atomic E-state index is -0.254. The third kappa shape index (κ3) is 7.21. The first-order chi connectivity index (χ1) is 34.7. The maximum Gasteiger partial charge on any atom is 0.334 e. The van der Waals surface area contributed by atoms with E-state index in [1.54, 1.807) is 0 Å². The summed E-state index contributed by atoms with van der Waals surface area (Å²) >= 11 is 0. The molecule has 0 radical (unpaired) electrons. The number of nitrogens with zero attached hydrogens (tertiary/aromatic N) is 2. The smallest absolute Gasteiger partial charge is 0.334 e. The molecule has 6 aliphatic rings. The van der Waals surface area contributed by atoms with Gasteiger partial charge in [0.25, 0.3) is 0 Å². The number of unbranched alkanes of at least 4 members (excludes halogenated alkanes) is 2. The fourth-order valence-corrected chi connectivity index (χ4v) is 13.6. The maximum absolute atomic E-state index is 4.08. The van der Waals surface area contributed by atoms with Gasteiger partial charge in [0.1, 0.15) is 0 Å². The fraction of sp³-hybridized carbons (Fsp3) is 0.333. The van der Waals surface area contributed by atoms with Crippen LogP contribution in [0.15, 0.2) is 156 Å². The highest BCUT2D eigenvalue weighted by molar-refractivity contribution is 6.89. The van der Waals surface area contributed by atoms with Gasteiger partial charge < -0.3 is 9.71 Å². The zero-order valence-corrected chi connectivity index (χ0v) is 44.7. The summed E-state index contributed by atoms with van der Waals surface area (Å²) in [6.45, 7) is 23.8. The number of anilines is 4. The van der Waals surface area contributed by atoms with Gasteiger partial charge in [0.15, 0.2) is 0 Å². The Morgan fingerprint density at radius 2 is 1.31 bits per heavy atom. The quantitative estimate of drug-likeness (QED) is 0.0997. The molecule has 6 aromatic carbocycles. The molecule has 2 aliphatic heterocycles. The van der Waals surface area contributed by atoms with Gasteiger partial charge in [-0.1, -0.05) is 153 Å². The average Bonchev–Trinajstić information content (AvgIpc) is 3.62. The number of aryl methyl sites for hydroxylation is 4. The molecule has 6 aromatic rings. The molecule has 72 heavy (non-hydrogen) atoms. The first-order valence-electron chi connectivity index (χ1n) is 27.4. The van der Waals surface area contributed by atoms with Crippen LogP contribution in [-0.4, -0.2) is 6.85 Å². The molecule has 0 N–H and O–H groups in total. The Labute approximate surface area is 431 Å². The molecule has 0 aromatic heterocycles. The van der Waals surface area contributed by atoms with Crippen LogP contribution in [-0.2, 0) is 29.1 Å². The van der Waals surface area contributed by atoms with E-state index < -0.39 is 0 Å². The first-order valence-corrected chi connectivity index (χ1v) is 27.4. The monoisotopic (exact) mass is 939 g/mol. The van der Waals surface area contributed by atoms with Crippen molar-refractivity contribution in [2.45, 2.75) is 150 Å². The third-order valence-electron chi connectivity index (χ3n) is 17.8. The molecule has 0 spiro atoms. The molecule has 12 rings (SSSR count). The molecule has 3 heteroatoms. The molecular weight excluding hydrogens is 868 g/mol. The maximum atomic E-state index is 4.08. The van der Waals surface area contributed by atoms with Gasteiger partial charge in [-0.15, -0.1) is 0 Å². The van der Waals surface area contributed by atoms with E-state index in [4.69, 9.17) is 0 Å². The van der Waals surface area contributed by atoms with E-state index in [1.807, 2.05) is 0 Å². The molecule has 0 unspecified atom stereocenters. The zero-order chi connectivity index (χ0) is 49.8. The molecule has 0 amide bonds. The van der Waals surface area contributed by atoms with Crippen molar-refractivity contribution in [2.24, 2.45) is 0 Å². The highest BCUT2D eigenvalue weighted by Crippen LogP contribution is 2.59. The normalized spacial score (nSPS) is 18.1. The molecule has 0 saturated heterocycles. The number of rotatable bonds is 10. The molecular formula is C69H71BN2. The summed E-state index contributed by atoms with van der Waals surface area (Å²) in [6.07, 6.45) is 18.3. The summed E-state index contributed by atoms with van der Waals surface area (Å²) in [5, 5.41) is 0. The van der Waals surface area contributed by atoms with Gasteiger partial charge in [-0.25, -0.2) is 0 Å². The Kier molecular flexibility index (Phi) is 11.2. The van der Waals surface area contributed by atoms with Crippen molar-refractivity contribution in [1.82, 2.24) is 0 Å². The van der Waals surface area contributed by atoms with Crippen molar-refractivity contribution in [3.63, 3.8) is 0 Å². The topological polar surface area (TPSA) is 6.48 Å². The van der Waals surface area contributed by atoms with Crippen molar-refractivity contribution in [3.8, 4) is 22.3 Å². The van der Waals surface area contributed by atoms with Crippen LogP contribution >= 0.6 is 0 Å². The molecule has 0 atom stereocenters. The third-order valence-corrected chi connectivity index (χ3v) is 17.8. The lowest BCUT2D eigenvalue weighted by Gasteiger charge is -2.49. The van der Waals surface area contributed by atoms with E-state index in [-0.39, 0.29) is 23.1 Å². The molecule has 0 saturated carbocycles. The van der Waals surface area contributed by atoms with E-state index in [2.05, 4.69) is 218 Å².